The first-order chi connectivity index (χ1) is 8.72. The number of phenols is 1. The molecule has 2 heteroatoms. The molecule has 0 aromatic heterocycles. The average Bonchev–Trinajstić information content (AvgIpc) is 2.40. The average molecular weight is 238 g/mol. The van der Waals surface area contributed by atoms with E-state index in [0.29, 0.717) is 11.1 Å². The molecular formula is C16H14O2. The zero-order valence-electron chi connectivity index (χ0n) is 10.2. The number of aromatic hydroxyl groups is 1. The Morgan fingerprint density at radius 2 is 2.06 bits per heavy atom. The summed E-state index contributed by atoms with van der Waals surface area (Å²) in [6, 6.07) is 9.47. The highest BCUT2D eigenvalue weighted by atomic mass is 16.3. The van der Waals surface area contributed by atoms with E-state index in [1.165, 1.54) is 0 Å². The third-order valence-corrected chi connectivity index (χ3v) is 3.60. The summed E-state index contributed by atoms with van der Waals surface area (Å²) >= 11 is 0. The number of hydrogen-bond acceptors (Lipinski definition) is 2. The Labute approximate surface area is 106 Å². The summed E-state index contributed by atoms with van der Waals surface area (Å²) in [5.41, 5.74) is 1.30. The molecule has 0 aliphatic heterocycles. The van der Waals surface area contributed by atoms with Crippen LogP contribution in [0.5, 0.6) is 5.75 Å². The molecule has 2 nitrogen and oxygen atoms in total. The first-order valence-electron chi connectivity index (χ1n) is 6.19. The zero-order chi connectivity index (χ0) is 12.7. The number of rotatable bonds is 1. The molecule has 1 unspecified atom stereocenters. The van der Waals surface area contributed by atoms with Crippen molar-refractivity contribution in [3.05, 3.63) is 47.5 Å². The van der Waals surface area contributed by atoms with Gasteiger partial charge in [0.1, 0.15) is 5.75 Å². The van der Waals surface area contributed by atoms with Gasteiger partial charge in [-0.15, -0.1) is 0 Å². The number of Topliss-reactive ketones (excluding diaryl/α,β-unsaturated/α-hetero) is 1. The second-order valence-corrected chi connectivity index (χ2v) is 4.65. The van der Waals surface area contributed by atoms with E-state index in [4.69, 9.17) is 0 Å². The van der Waals surface area contributed by atoms with Crippen molar-refractivity contribution in [1.29, 1.82) is 0 Å². The molecule has 1 aliphatic carbocycles. The van der Waals surface area contributed by atoms with E-state index in [1.807, 2.05) is 49.4 Å². The zero-order valence-corrected chi connectivity index (χ0v) is 10.2. The van der Waals surface area contributed by atoms with Crippen LogP contribution >= 0.6 is 0 Å². The maximum Gasteiger partial charge on any atom is 0.170 e. The van der Waals surface area contributed by atoms with Crippen LogP contribution in [0.2, 0.25) is 0 Å². The Balaban J connectivity index is 2.33. The van der Waals surface area contributed by atoms with Gasteiger partial charge in [0.15, 0.2) is 5.78 Å². The Morgan fingerprint density at radius 3 is 2.83 bits per heavy atom. The van der Waals surface area contributed by atoms with Crippen molar-refractivity contribution in [2.45, 2.75) is 13.3 Å². The van der Waals surface area contributed by atoms with Crippen LogP contribution < -0.4 is 0 Å². The van der Waals surface area contributed by atoms with Crippen LogP contribution in [0.1, 0.15) is 29.3 Å². The smallest absolute Gasteiger partial charge is 0.170 e. The topological polar surface area (TPSA) is 37.3 Å². The van der Waals surface area contributed by atoms with E-state index in [2.05, 4.69) is 0 Å². The fraction of sp³-hybridized carbons (Fsp3) is 0.188. The number of carbonyl (C=O) groups is 1. The molecule has 18 heavy (non-hydrogen) atoms. The highest BCUT2D eigenvalue weighted by Gasteiger charge is 2.24. The van der Waals surface area contributed by atoms with Crippen LogP contribution in [-0.2, 0) is 0 Å². The summed E-state index contributed by atoms with van der Waals surface area (Å²) in [5, 5.41) is 12.0. The maximum atomic E-state index is 12.3. The van der Waals surface area contributed by atoms with Gasteiger partial charge in [-0.2, -0.15) is 0 Å². The third kappa shape index (κ3) is 1.46. The summed E-state index contributed by atoms with van der Waals surface area (Å²) in [7, 11) is 0. The van der Waals surface area contributed by atoms with Gasteiger partial charge in [-0.25, -0.2) is 0 Å². The van der Waals surface area contributed by atoms with Crippen LogP contribution in [0.25, 0.3) is 16.8 Å². The number of fused-ring (bicyclic) bond motifs is 2. The van der Waals surface area contributed by atoms with Gasteiger partial charge in [-0.05, 0) is 17.9 Å². The van der Waals surface area contributed by atoms with E-state index in [-0.39, 0.29) is 17.5 Å². The normalized spacial score (nSPS) is 18.1. The largest absolute Gasteiger partial charge is 0.507 e. The minimum atomic E-state index is -0.0573. The van der Waals surface area contributed by atoms with E-state index < -0.39 is 0 Å². The SMILES string of the molecule is CCC1C=Cc2c(cc3ccccc3c2O)C1=O. The van der Waals surface area contributed by atoms with Gasteiger partial charge in [0.25, 0.3) is 0 Å². The third-order valence-electron chi connectivity index (χ3n) is 3.60. The number of hydrogen-bond donors (Lipinski definition) is 1. The molecular weight excluding hydrogens is 224 g/mol. The van der Waals surface area contributed by atoms with E-state index in [0.717, 1.165) is 17.2 Å². The van der Waals surface area contributed by atoms with E-state index in [9.17, 15) is 9.90 Å². The minimum absolute atomic E-state index is 0.0573. The van der Waals surface area contributed by atoms with Gasteiger partial charge in [0, 0.05) is 22.4 Å². The Hall–Kier alpha value is -2.09. The van der Waals surface area contributed by atoms with Crippen LogP contribution in [-0.4, -0.2) is 10.9 Å². The fourth-order valence-corrected chi connectivity index (χ4v) is 2.54. The first-order valence-corrected chi connectivity index (χ1v) is 6.19. The molecule has 0 amide bonds. The molecule has 0 saturated carbocycles. The predicted octanol–water partition coefficient (Wildman–Crippen LogP) is 3.78. The number of carbonyl (C=O) groups excluding carboxylic acids is 1. The van der Waals surface area contributed by atoms with Gasteiger partial charge in [0.2, 0.25) is 0 Å². The first kappa shape index (κ1) is 11.0. The van der Waals surface area contributed by atoms with Gasteiger partial charge < -0.3 is 5.11 Å². The van der Waals surface area contributed by atoms with Gasteiger partial charge >= 0.3 is 0 Å². The van der Waals surface area contributed by atoms with Gasteiger partial charge in [0.05, 0.1) is 0 Å². The van der Waals surface area contributed by atoms with Crippen molar-refractivity contribution in [3.63, 3.8) is 0 Å². The lowest BCUT2D eigenvalue weighted by Crippen LogP contribution is -2.16. The number of allylic oxidation sites excluding steroid dienone is 1. The Kier molecular flexibility index (Phi) is 2.44. The number of phenolic OH excluding ortho intramolecular Hbond substituents is 1. The highest BCUT2D eigenvalue weighted by molar-refractivity contribution is 6.09. The molecule has 3 rings (SSSR count). The molecule has 2 aromatic carbocycles. The monoisotopic (exact) mass is 238 g/mol. The van der Waals surface area contributed by atoms with Crippen molar-refractivity contribution in [3.8, 4) is 5.75 Å². The van der Waals surface area contributed by atoms with E-state index in [1.54, 1.807) is 0 Å². The molecule has 0 heterocycles. The summed E-state index contributed by atoms with van der Waals surface area (Å²) in [6.07, 6.45) is 4.55. The van der Waals surface area contributed by atoms with Crippen molar-refractivity contribution in [2.75, 3.05) is 0 Å². The van der Waals surface area contributed by atoms with Crippen LogP contribution in [0.4, 0.5) is 0 Å². The van der Waals surface area contributed by atoms with Crippen LogP contribution in [0, 0.1) is 5.92 Å². The van der Waals surface area contributed by atoms with Gasteiger partial charge in [-0.1, -0.05) is 43.3 Å². The van der Waals surface area contributed by atoms with Crippen LogP contribution in [0.3, 0.4) is 0 Å². The van der Waals surface area contributed by atoms with Crippen molar-refractivity contribution < 1.29 is 9.90 Å². The lowest BCUT2D eigenvalue weighted by atomic mass is 9.85. The lowest BCUT2D eigenvalue weighted by molar-refractivity contribution is 0.0941. The van der Waals surface area contributed by atoms with Crippen LogP contribution in [0.15, 0.2) is 36.4 Å². The fourth-order valence-electron chi connectivity index (χ4n) is 2.54. The van der Waals surface area contributed by atoms with Crippen molar-refractivity contribution in [1.82, 2.24) is 0 Å². The standard InChI is InChI=1S/C16H14O2/c1-2-10-7-8-13-14(15(10)17)9-11-5-3-4-6-12(11)16(13)18/h3-10,18H,2H2,1H3. The predicted molar refractivity (Wildman–Crippen MR) is 72.8 cm³/mol. The number of ketones is 1. The number of benzene rings is 2. The highest BCUT2D eigenvalue weighted by Crippen LogP contribution is 2.36. The van der Waals surface area contributed by atoms with E-state index >= 15 is 0 Å². The molecule has 1 aliphatic rings. The maximum absolute atomic E-state index is 12.3. The lowest BCUT2D eigenvalue weighted by Gasteiger charge is -2.19. The molecule has 90 valence electrons. The summed E-state index contributed by atoms with van der Waals surface area (Å²) in [4.78, 5) is 12.3. The summed E-state index contributed by atoms with van der Waals surface area (Å²) in [5.74, 6) is 0.261. The summed E-state index contributed by atoms with van der Waals surface area (Å²) in [6.45, 7) is 2.00. The Morgan fingerprint density at radius 1 is 1.28 bits per heavy atom. The second-order valence-electron chi connectivity index (χ2n) is 4.65. The Bertz CT molecular complexity index is 668. The molecule has 2 aromatic rings. The quantitative estimate of drug-likeness (QED) is 0.820. The van der Waals surface area contributed by atoms with Crippen molar-refractivity contribution >= 4 is 22.6 Å². The molecule has 0 saturated heterocycles. The molecule has 0 spiro atoms. The molecule has 0 fully saturated rings. The molecule has 0 bridgehead atoms. The minimum Gasteiger partial charge on any atom is -0.507 e. The molecule has 0 radical (unpaired) electrons. The summed E-state index contributed by atoms with van der Waals surface area (Å²) < 4.78 is 0. The molecule has 1 N–H and O–H groups in total. The van der Waals surface area contributed by atoms with Gasteiger partial charge in [-0.3, -0.25) is 4.79 Å². The van der Waals surface area contributed by atoms with Crippen molar-refractivity contribution in [2.24, 2.45) is 5.92 Å². The molecule has 1 atom stereocenters. The second kappa shape index (κ2) is 3.98.